The summed E-state index contributed by atoms with van der Waals surface area (Å²) in [5.74, 6) is -0.353. The van der Waals surface area contributed by atoms with Crippen LogP contribution < -0.4 is 25.4 Å². The van der Waals surface area contributed by atoms with Crippen molar-refractivity contribution >= 4 is 47.3 Å². The van der Waals surface area contributed by atoms with Crippen LogP contribution in [-0.2, 0) is 9.59 Å². The average Bonchev–Trinajstić information content (AvgIpc) is 3.79. The molecule has 4 rings (SSSR count). The van der Waals surface area contributed by atoms with E-state index in [-0.39, 0.29) is 5.91 Å². The number of halogens is 1. The molecule has 3 N–H and O–H groups in total. The molecular formula is C30H29FN4O5. The molecule has 0 spiro atoms. The van der Waals surface area contributed by atoms with Crippen LogP contribution in [0.4, 0.5) is 21.5 Å². The molecule has 0 saturated heterocycles. The predicted octanol–water partition coefficient (Wildman–Crippen LogP) is 5.32. The maximum absolute atomic E-state index is 13.2. The van der Waals surface area contributed by atoms with E-state index in [9.17, 15) is 18.8 Å². The zero-order valence-corrected chi connectivity index (χ0v) is 22.3. The number of rotatable bonds is 10. The highest BCUT2D eigenvalue weighted by Gasteiger charge is 2.56. The van der Waals surface area contributed by atoms with Gasteiger partial charge < -0.3 is 25.4 Å². The first-order valence-corrected chi connectivity index (χ1v) is 12.5. The third-order valence-electron chi connectivity index (χ3n) is 6.55. The number of nitrogens with one attached hydrogen (secondary N) is 3. The van der Waals surface area contributed by atoms with Gasteiger partial charge in [0.25, 0.3) is 5.91 Å². The second-order valence-corrected chi connectivity index (χ2v) is 9.08. The Hall–Kier alpha value is -4.99. The molecule has 1 fully saturated rings. The number of ether oxygens (including phenoxy) is 2. The number of anilines is 2. The van der Waals surface area contributed by atoms with Crippen LogP contribution in [0.15, 0.2) is 71.7 Å². The van der Waals surface area contributed by atoms with E-state index in [0.717, 1.165) is 0 Å². The Kier molecular flexibility index (Phi) is 8.28. The highest BCUT2D eigenvalue weighted by molar-refractivity contribution is 6.16. The lowest BCUT2D eigenvalue weighted by Crippen LogP contribution is -2.35. The van der Waals surface area contributed by atoms with Crippen molar-refractivity contribution in [1.82, 2.24) is 5.32 Å². The van der Waals surface area contributed by atoms with E-state index in [2.05, 4.69) is 27.7 Å². The van der Waals surface area contributed by atoms with Crippen LogP contribution in [-0.4, -0.2) is 38.6 Å². The van der Waals surface area contributed by atoms with Gasteiger partial charge in [0, 0.05) is 30.1 Å². The van der Waals surface area contributed by atoms with Crippen molar-refractivity contribution in [3.8, 4) is 11.5 Å². The molecule has 0 heterocycles. The number of aliphatic imine (C=N–C) groups is 1. The second-order valence-electron chi connectivity index (χ2n) is 9.08. The summed E-state index contributed by atoms with van der Waals surface area (Å²) < 4.78 is 24.6. The first-order chi connectivity index (χ1) is 19.2. The molecule has 3 aromatic carbocycles. The standard InChI is InChI=1S/C30H29FN4O5/c1-5-25(22-16-23(27(36)33-3)26(39-4)17-24(22)32-2)40-21-12-10-20(11-13-21)35-29(38)30(14-15-30)28(37)34-19-8-6-18(31)7-9-19/h5-13,16-17H,2,14-15H2,1,3-4H3,(H,33,36)(H,34,37)(H,35,38)/b25-5+. The molecule has 40 heavy (non-hydrogen) atoms. The molecule has 0 radical (unpaired) electrons. The van der Waals surface area contributed by atoms with E-state index in [1.807, 2.05) is 0 Å². The minimum atomic E-state index is -1.17. The third kappa shape index (κ3) is 5.85. The highest BCUT2D eigenvalue weighted by atomic mass is 19.1. The van der Waals surface area contributed by atoms with Crippen molar-refractivity contribution in [2.45, 2.75) is 19.8 Å². The van der Waals surface area contributed by atoms with Gasteiger partial charge in [0.1, 0.15) is 28.5 Å². The molecule has 0 aromatic heterocycles. The summed E-state index contributed by atoms with van der Waals surface area (Å²) in [4.78, 5) is 42.2. The highest BCUT2D eigenvalue weighted by Crippen LogP contribution is 2.47. The van der Waals surface area contributed by atoms with Gasteiger partial charge in [0.05, 0.1) is 18.4 Å². The van der Waals surface area contributed by atoms with Crippen molar-refractivity contribution in [2.24, 2.45) is 10.4 Å². The molecule has 10 heteroatoms. The maximum Gasteiger partial charge on any atom is 0.254 e. The number of benzene rings is 3. The molecule has 9 nitrogen and oxygen atoms in total. The van der Waals surface area contributed by atoms with Gasteiger partial charge in [-0.1, -0.05) is 0 Å². The molecule has 0 unspecified atom stereocenters. The van der Waals surface area contributed by atoms with E-state index in [1.165, 1.54) is 38.4 Å². The summed E-state index contributed by atoms with van der Waals surface area (Å²) >= 11 is 0. The van der Waals surface area contributed by atoms with Crippen LogP contribution in [0.2, 0.25) is 0 Å². The fourth-order valence-electron chi connectivity index (χ4n) is 4.10. The normalized spacial score (nSPS) is 13.6. The lowest BCUT2D eigenvalue weighted by molar-refractivity contribution is -0.131. The van der Waals surface area contributed by atoms with Crippen molar-refractivity contribution in [3.63, 3.8) is 0 Å². The summed E-state index contributed by atoms with van der Waals surface area (Å²) in [7, 11) is 2.99. The van der Waals surface area contributed by atoms with Crippen LogP contribution in [0.3, 0.4) is 0 Å². The van der Waals surface area contributed by atoms with Gasteiger partial charge in [-0.05, 0) is 87.2 Å². The molecule has 1 aliphatic carbocycles. The average molecular weight is 545 g/mol. The summed E-state index contributed by atoms with van der Waals surface area (Å²) in [5, 5.41) is 8.06. The molecule has 1 aliphatic rings. The van der Waals surface area contributed by atoms with Crippen molar-refractivity contribution in [1.29, 1.82) is 0 Å². The largest absolute Gasteiger partial charge is 0.496 e. The van der Waals surface area contributed by atoms with Crippen molar-refractivity contribution in [3.05, 3.63) is 83.7 Å². The Bertz CT molecular complexity index is 1480. The van der Waals surface area contributed by atoms with Crippen LogP contribution in [0.1, 0.15) is 35.7 Å². The first-order valence-electron chi connectivity index (χ1n) is 12.5. The summed E-state index contributed by atoms with van der Waals surface area (Å²) in [6.07, 6.45) is 2.56. The van der Waals surface area contributed by atoms with Gasteiger partial charge in [0.15, 0.2) is 0 Å². The van der Waals surface area contributed by atoms with Gasteiger partial charge in [0.2, 0.25) is 11.8 Å². The van der Waals surface area contributed by atoms with Crippen molar-refractivity contribution in [2.75, 3.05) is 24.8 Å². The zero-order valence-electron chi connectivity index (χ0n) is 22.3. The molecular weight excluding hydrogens is 515 g/mol. The topological polar surface area (TPSA) is 118 Å². The molecule has 0 aliphatic heterocycles. The van der Waals surface area contributed by atoms with Gasteiger partial charge >= 0.3 is 0 Å². The number of hydrogen-bond acceptors (Lipinski definition) is 6. The van der Waals surface area contributed by atoms with Crippen LogP contribution in [0, 0.1) is 11.2 Å². The third-order valence-corrected chi connectivity index (χ3v) is 6.55. The van der Waals surface area contributed by atoms with Crippen LogP contribution in [0.25, 0.3) is 5.76 Å². The summed E-state index contributed by atoms with van der Waals surface area (Å²) in [6.45, 7) is 5.40. The predicted molar refractivity (Wildman–Crippen MR) is 152 cm³/mol. The molecule has 206 valence electrons. The second kappa shape index (κ2) is 11.8. The Morgan fingerprint density at radius 1 is 0.950 bits per heavy atom. The van der Waals surface area contributed by atoms with E-state index in [1.54, 1.807) is 49.4 Å². The quantitative estimate of drug-likeness (QED) is 0.181. The Morgan fingerprint density at radius 2 is 1.52 bits per heavy atom. The van der Waals surface area contributed by atoms with Gasteiger partial charge in [-0.3, -0.25) is 19.4 Å². The van der Waals surface area contributed by atoms with E-state index >= 15 is 0 Å². The Labute approximate surface area is 231 Å². The van der Waals surface area contributed by atoms with Crippen LogP contribution >= 0.6 is 0 Å². The molecule has 3 aromatic rings. The van der Waals surface area contributed by atoms with E-state index < -0.39 is 23.0 Å². The number of allylic oxidation sites excluding steroid dienone is 1. The first kappa shape index (κ1) is 28.0. The Balaban J connectivity index is 1.46. The van der Waals surface area contributed by atoms with Crippen LogP contribution in [0.5, 0.6) is 11.5 Å². The minimum Gasteiger partial charge on any atom is -0.496 e. The maximum atomic E-state index is 13.2. The van der Waals surface area contributed by atoms with E-state index in [4.69, 9.17) is 9.47 Å². The fourth-order valence-corrected chi connectivity index (χ4v) is 4.10. The molecule has 1 saturated carbocycles. The zero-order chi connectivity index (χ0) is 28.9. The van der Waals surface area contributed by atoms with Gasteiger partial charge in [-0.25, -0.2) is 4.39 Å². The molecule has 3 amide bonds. The number of methoxy groups -OCH3 is 1. The Morgan fingerprint density at radius 3 is 2.00 bits per heavy atom. The van der Waals surface area contributed by atoms with Gasteiger partial charge in [-0.15, -0.1) is 0 Å². The fraction of sp³-hybridized carbons (Fsp3) is 0.200. The number of carbonyl (C=O) groups excluding carboxylic acids is 3. The smallest absolute Gasteiger partial charge is 0.254 e. The molecule has 0 bridgehead atoms. The lowest BCUT2D eigenvalue weighted by atomic mass is 10.0. The number of amides is 3. The number of nitrogens with zero attached hydrogens (tertiary/aromatic N) is 1. The SMILES string of the molecule is C=Nc1cc(OC)c(C(=O)NC)cc1/C(=C\C)Oc1ccc(NC(=O)C2(C(=O)Nc3ccc(F)cc3)CC2)cc1. The number of carbonyl (C=O) groups is 3. The van der Waals surface area contributed by atoms with Crippen molar-refractivity contribution < 1.29 is 28.2 Å². The molecule has 0 atom stereocenters. The van der Waals surface area contributed by atoms with E-state index in [0.29, 0.717) is 58.3 Å². The number of hydrogen-bond donors (Lipinski definition) is 3. The lowest BCUT2D eigenvalue weighted by Gasteiger charge is -2.17. The summed E-state index contributed by atoms with van der Waals surface area (Å²) in [5.41, 5.74) is 1.05. The van der Waals surface area contributed by atoms with Gasteiger partial charge in [-0.2, -0.15) is 0 Å². The minimum absolute atomic E-state index is 0.311. The monoisotopic (exact) mass is 544 g/mol. The summed E-state index contributed by atoms with van der Waals surface area (Å²) in [6, 6.07) is 15.2.